The van der Waals surface area contributed by atoms with Crippen molar-refractivity contribution >= 4 is 52.3 Å². The molecule has 0 bridgehead atoms. The van der Waals surface area contributed by atoms with Gasteiger partial charge in [-0.1, -0.05) is 64.6 Å². The smallest absolute Gasteiger partial charge is 0.265 e. The van der Waals surface area contributed by atoms with Gasteiger partial charge in [0.1, 0.15) is 0 Å². The lowest BCUT2D eigenvalue weighted by Crippen LogP contribution is -2.24. The Morgan fingerprint density at radius 2 is 1.76 bits per heavy atom. The van der Waals surface area contributed by atoms with Gasteiger partial charge in [-0.2, -0.15) is 0 Å². The van der Waals surface area contributed by atoms with E-state index in [0.29, 0.717) is 10.7 Å². The van der Waals surface area contributed by atoms with Crippen LogP contribution in [-0.4, -0.2) is 14.7 Å². The van der Waals surface area contributed by atoms with Crippen LogP contribution in [0.15, 0.2) is 48.7 Å². The molecule has 1 atom stereocenters. The lowest BCUT2D eigenvalue weighted by Gasteiger charge is -2.22. The van der Waals surface area contributed by atoms with Crippen LogP contribution in [0.4, 0.5) is 0 Å². The molecule has 0 saturated carbocycles. The highest BCUT2D eigenvalue weighted by Gasteiger charge is 2.32. The number of benzene rings is 1. The van der Waals surface area contributed by atoms with E-state index in [1.165, 1.54) is 0 Å². The third-order valence-electron chi connectivity index (χ3n) is 2.62. The molecule has 0 amide bonds. The molecule has 1 aromatic carbocycles. The summed E-state index contributed by atoms with van der Waals surface area (Å²) < 4.78 is 3.58. The predicted molar refractivity (Wildman–Crippen MR) is 86.6 cm³/mol. The quantitative estimate of drug-likeness (QED) is 0.463. The van der Waals surface area contributed by atoms with E-state index in [2.05, 4.69) is 4.98 Å². The van der Waals surface area contributed by atoms with Crippen molar-refractivity contribution < 1.29 is 4.74 Å². The largest absolute Gasteiger partial charge is 0.463 e. The summed E-state index contributed by atoms with van der Waals surface area (Å²) in [6.07, 6.45) is 0.965. The molecule has 2 aromatic rings. The van der Waals surface area contributed by atoms with Crippen LogP contribution >= 0.6 is 46.4 Å². The molecule has 1 aromatic heterocycles. The van der Waals surface area contributed by atoms with Gasteiger partial charge in [0.05, 0.1) is 5.69 Å². The van der Waals surface area contributed by atoms with E-state index >= 15 is 0 Å². The van der Waals surface area contributed by atoms with Crippen molar-refractivity contribution in [2.75, 3.05) is 0 Å². The van der Waals surface area contributed by atoms with E-state index < -0.39 is 15.8 Å². The van der Waals surface area contributed by atoms with Crippen molar-refractivity contribution in [3.05, 3.63) is 64.9 Å². The monoisotopic (exact) mass is 362 g/mol. The summed E-state index contributed by atoms with van der Waals surface area (Å²) in [6, 6.07) is 12.3. The second-order valence-electron chi connectivity index (χ2n) is 4.13. The molecule has 110 valence electrons. The normalized spacial score (nSPS) is 12.8. The topological polar surface area (TPSA) is 46.0 Å². The van der Waals surface area contributed by atoms with Crippen LogP contribution in [0.25, 0.3) is 0 Å². The molecule has 0 fully saturated rings. The molecule has 2 rings (SSSR count). The van der Waals surface area contributed by atoms with Crippen molar-refractivity contribution in [3.8, 4) is 0 Å². The number of nitrogens with zero attached hydrogens (tertiary/aromatic N) is 1. The fourth-order valence-electron chi connectivity index (χ4n) is 1.65. The van der Waals surface area contributed by atoms with Crippen molar-refractivity contribution in [2.45, 2.75) is 9.90 Å². The highest BCUT2D eigenvalue weighted by atomic mass is 35.6. The van der Waals surface area contributed by atoms with Gasteiger partial charge in [-0.3, -0.25) is 10.4 Å². The van der Waals surface area contributed by atoms with Crippen molar-refractivity contribution in [3.63, 3.8) is 0 Å². The molecular formula is C14H10Cl4N2O. The Morgan fingerprint density at radius 3 is 2.29 bits per heavy atom. The summed E-state index contributed by atoms with van der Waals surface area (Å²) in [6.45, 7) is 0. The maximum Gasteiger partial charge on any atom is 0.265 e. The average Bonchev–Trinajstić information content (AvgIpc) is 2.45. The summed E-state index contributed by atoms with van der Waals surface area (Å²) in [4.78, 5) is 4.23. The fourth-order valence-corrected chi connectivity index (χ4v) is 1.91. The van der Waals surface area contributed by atoms with Crippen LogP contribution in [0.3, 0.4) is 0 Å². The summed E-state index contributed by atoms with van der Waals surface area (Å²) in [7, 11) is 0. The summed E-state index contributed by atoms with van der Waals surface area (Å²) in [5.74, 6) is -0.474. The number of pyridine rings is 1. The molecule has 3 nitrogen and oxygen atoms in total. The maximum atomic E-state index is 7.74. The Balaban J connectivity index is 2.36. The second kappa shape index (κ2) is 6.84. The molecule has 21 heavy (non-hydrogen) atoms. The van der Waals surface area contributed by atoms with Crippen molar-refractivity contribution in [2.24, 2.45) is 0 Å². The Morgan fingerprint density at radius 1 is 1.10 bits per heavy atom. The molecule has 0 saturated heterocycles. The molecule has 0 unspecified atom stereocenters. The van der Waals surface area contributed by atoms with E-state index in [9.17, 15) is 0 Å². The average molecular weight is 364 g/mol. The highest BCUT2D eigenvalue weighted by Crippen LogP contribution is 2.33. The lowest BCUT2D eigenvalue weighted by atomic mass is 10.1. The third kappa shape index (κ3) is 4.48. The second-order valence-corrected chi connectivity index (χ2v) is 6.85. The number of halogens is 4. The van der Waals surface area contributed by atoms with Gasteiger partial charge in [-0.25, -0.2) is 0 Å². The molecule has 0 radical (unpaired) electrons. The molecule has 1 heterocycles. The first-order chi connectivity index (χ1) is 9.88. The van der Waals surface area contributed by atoms with Crippen molar-refractivity contribution in [1.82, 2.24) is 4.98 Å². The minimum Gasteiger partial charge on any atom is -0.463 e. The molecule has 0 spiro atoms. The van der Waals surface area contributed by atoms with E-state index in [1.807, 2.05) is 6.07 Å². The zero-order chi connectivity index (χ0) is 15.5. The Bertz CT molecular complexity index is 611. The first-order valence-electron chi connectivity index (χ1n) is 5.86. The van der Waals surface area contributed by atoms with Gasteiger partial charge in [0.25, 0.3) is 3.79 Å². The molecule has 0 aliphatic rings. The maximum absolute atomic E-state index is 7.74. The molecule has 0 aliphatic heterocycles. The number of rotatable bonds is 3. The zero-order valence-corrected chi connectivity index (χ0v) is 13.6. The summed E-state index contributed by atoms with van der Waals surface area (Å²) in [5, 5.41) is 8.33. The van der Waals surface area contributed by atoms with E-state index in [-0.39, 0.29) is 0 Å². The van der Waals surface area contributed by atoms with Gasteiger partial charge in [0, 0.05) is 11.2 Å². The van der Waals surface area contributed by atoms with Crippen LogP contribution in [0, 0.1) is 5.41 Å². The summed E-state index contributed by atoms with van der Waals surface area (Å²) in [5.41, 5.74) is 1.34. The van der Waals surface area contributed by atoms with Crippen molar-refractivity contribution in [1.29, 1.82) is 5.41 Å². The lowest BCUT2D eigenvalue weighted by molar-refractivity contribution is 0.221. The Kier molecular flexibility index (Phi) is 5.33. The van der Waals surface area contributed by atoms with Crippen LogP contribution in [0.1, 0.15) is 17.4 Å². The van der Waals surface area contributed by atoms with Gasteiger partial charge >= 0.3 is 0 Å². The fraction of sp³-hybridized carbons (Fsp3) is 0.143. The first kappa shape index (κ1) is 16.4. The predicted octanol–water partition coefficient (Wildman–Crippen LogP) is 5.19. The number of aromatic nitrogens is 1. The number of hydrogen-bond acceptors (Lipinski definition) is 3. The first-order valence-corrected chi connectivity index (χ1v) is 7.38. The van der Waals surface area contributed by atoms with Gasteiger partial charge in [-0.15, -0.1) is 0 Å². The van der Waals surface area contributed by atoms with Gasteiger partial charge in [0.2, 0.25) is 5.90 Å². The number of hydrogen-bond donors (Lipinski definition) is 1. The third-order valence-corrected chi connectivity index (χ3v) is 3.39. The zero-order valence-electron chi connectivity index (χ0n) is 10.6. The van der Waals surface area contributed by atoms with Gasteiger partial charge in [0.15, 0.2) is 6.10 Å². The minimum absolute atomic E-state index is 0.474. The molecular weight excluding hydrogens is 354 g/mol. The number of ether oxygens (including phenoxy) is 1. The highest BCUT2D eigenvalue weighted by molar-refractivity contribution is 6.76. The molecule has 1 N–H and O–H groups in total. The van der Waals surface area contributed by atoms with Gasteiger partial charge < -0.3 is 4.74 Å². The van der Waals surface area contributed by atoms with E-state index in [0.717, 1.165) is 5.56 Å². The van der Waals surface area contributed by atoms with Crippen LogP contribution in [0.5, 0.6) is 0 Å². The molecule has 7 heteroatoms. The van der Waals surface area contributed by atoms with E-state index in [1.54, 1.807) is 42.6 Å². The van der Waals surface area contributed by atoms with Crippen LogP contribution in [-0.2, 0) is 4.74 Å². The van der Waals surface area contributed by atoms with Crippen LogP contribution < -0.4 is 0 Å². The number of alkyl halides is 3. The number of nitrogens with one attached hydrogen (secondary N) is 1. The summed E-state index contributed by atoms with van der Waals surface area (Å²) >= 11 is 22.9. The molecule has 0 aliphatic carbocycles. The minimum atomic E-state index is -1.93. The Labute approximate surface area is 142 Å². The van der Waals surface area contributed by atoms with Crippen LogP contribution in [0.2, 0.25) is 5.02 Å². The SMILES string of the molecule is N=C(O[C@@H](c1ccc(Cl)cc1)c1ccccn1)C(Cl)(Cl)Cl. The van der Waals surface area contributed by atoms with Gasteiger partial charge in [-0.05, 0) is 29.8 Å². The Hall–Kier alpha value is -1.000. The van der Waals surface area contributed by atoms with E-state index in [4.69, 9.17) is 56.5 Å². The standard InChI is InChI=1S/C14H10Cl4N2O/c15-10-6-4-9(5-7-10)12(11-3-1-2-8-20-11)21-13(19)14(16,17)18/h1-8,12,19H/t12-/m0/s1.